The number of amides is 2. The van der Waals surface area contributed by atoms with Gasteiger partial charge in [0.2, 0.25) is 5.91 Å². The van der Waals surface area contributed by atoms with Crippen molar-refractivity contribution >= 4 is 17.6 Å². The Morgan fingerprint density at radius 1 is 1.07 bits per heavy atom. The van der Waals surface area contributed by atoms with E-state index in [-0.39, 0.29) is 17.7 Å². The molecule has 2 aromatic rings. The van der Waals surface area contributed by atoms with Crippen molar-refractivity contribution in [2.24, 2.45) is 5.92 Å². The maximum Gasteiger partial charge on any atom is 0.251 e. The first-order valence-corrected chi connectivity index (χ1v) is 10.3. The lowest BCUT2D eigenvalue weighted by Gasteiger charge is -2.22. The summed E-state index contributed by atoms with van der Waals surface area (Å²) in [4.78, 5) is 32.0. The Balaban J connectivity index is 1.56. The van der Waals surface area contributed by atoms with Gasteiger partial charge in [-0.2, -0.15) is 0 Å². The zero-order chi connectivity index (χ0) is 20.8. The van der Waals surface area contributed by atoms with Gasteiger partial charge in [-0.3, -0.25) is 9.59 Å². The molecule has 29 heavy (non-hydrogen) atoms. The average molecular weight is 395 g/mol. The first kappa shape index (κ1) is 20.8. The number of benzene rings is 1. The summed E-state index contributed by atoms with van der Waals surface area (Å²) in [5.41, 5.74) is 2.58. The Morgan fingerprint density at radius 3 is 2.34 bits per heavy atom. The minimum Gasteiger partial charge on any atom is -0.357 e. The van der Waals surface area contributed by atoms with Gasteiger partial charge in [-0.25, -0.2) is 4.98 Å². The van der Waals surface area contributed by atoms with Gasteiger partial charge in [0.1, 0.15) is 11.9 Å². The van der Waals surface area contributed by atoms with E-state index in [1.807, 2.05) is 51.2 Å². The maximum atomic E-state index is 12.7. The number of nitrogens with zero attached hydrogens (tertiary/aromatic N) is 2. The molecule has 1 unspecified atom stereocenters. The van der Waals surface area contributed by atoms with E-state index in [2.05, 4.69) is 20.5 Å². The van der Waals surface area contributed by atoms with Crippen LogP contribution in [0, 0.1) is 12.8 Å². The normalized spacial score (nSPS) is 14.7. The van der Waals surface area contributed by atoms with E-state index in [1.165, 1.54) is 12.8 Å². The van der Waals surface area contributed by atoms with E-state index in [0.29, 0.717) is 12.1 Å². The van der Waals surface area contributed by atoms with Crippen LogP contribution in [-0.4, -0.2) is 35.9 Å². The highest BCUT2D eigenvalue weighted by Crippen LogP contribution is 2.17. The summed E-state index contributed by atoms with van der Waals surface area (Å²) in [6.45, 7) is 8.31. The van der Waals surface area contributed by atoms with Crippen LogP contribution in [0.5, 0.6) is 0 Å². The summed E-state index contributed by atoms with van der Waals surface area (Å²) in [6.07, 6.45) is 4.23. The Hall–Kier alpha value is -2.89. The highest BCUT2D eigenvalue weighted by molar-refractivity contribution is 5.97. The molecule has 1 aromatic heterocycles. The lowest BCUT2D eigenvalue weighted by atomic mass is 10.0. The van der Waals surface area contributed by atoms with Gasteiger partial charge in [-0.05, 0) is 49.4 Å². The molecule has 1 aromatic carbocycles. The number of aromatic nitrogens is 1. The number of carbonyl (C=O) groups excluding carboxylic acids is 2. The fraction of sp³-hybridized carbons (Fsp3) is 0.435. The van der Waals surface area contributed by atoms with Crippen LogP contribution < -0.4 is 15.5 Å². The third kappa shape index (κ3) is 5.56. The Morgan fingerprint density at radius 2 is 1.76 bits per heavy atom. The summed E-state index contributed by atoms with van der Waals surface area (Å²) in [5, 5.41) is 5.79. The lowest BCUT2D eigenvalue weighted by molar-refractivity contribution is -0.124. The first-order chi connectivity index (χ1) is 13.9. The van der Waals surface area contributed by atoms with Crippen molar-refractivity contribution in [2.45, 2.75) is 46.2 Å². The van der Waals surface area contributed by atoms with E-state index in [1.54, 1.807) is 12.1 Å². The minimum absolute atomic E-state index is 0.0277. The molecule has 0 spiro atoms. The molecular formula is C23H30N4O2. The highest BCUT2D eigenvalue weighted by atomic mass is 16.2. The quantitative estimate of drug-likeness (QED) is 0.757. The van der Waals surface area contributed by atoms with Crippen LogP contribution in [0.15, 0.2) is 42.6 Å². The van der Waals surface area contributed by atoms with Gasteiger partial charge in [-0.1, -0.05) is 37.6 Å². The summed E-state index contributed by atoms with van der Waals surface area (Å²) >= 11 is 0. The minimum atomic E-state index is -0.597. The molecule has 154 valence electrons. The number of aryl methyl sites for hydroxylation is 1. The largest absolute Gasteiger partial charge is 0.357 e. The van der Waals surface area contributed by atoms with E-state index >= 15 is 0 Å². The molecule has 6 nitrogen and oxygen atoms in total. The maximum absolute atomic E-state index is 12.7. The first-order valence-electron chi connectivity index (χ1n) is 10.3. The molecule has 1 fully saturated rings. The molecule has 0 aliphatic carbocycles. The second kappa shape index (κ2) is 9.54. The van der Waals surface area contributed by atoms with Crippen molar-refractivity contribution in [2.75, 3.05) is 18.0 Å². The number of hydrogen-bond acceptors (Lipinski definition) is 4. The Bertz CT molecular complexity index is 825. The SMILES string of the molecule is Cc1ccc(C(=O)NC(C(=O)NCc2ccc(N3CCCC3)nc2)C(C)C)cc1. The zero-order valence-electron chi connectivity index (χ0n) is 17.4. The third-order valence-corrected chi connectivity index (χ3v) is 5.26. The molecule has 0 radical (unpaired) electrons. The van der Waals surface area contributed by atoms with E-state index in [4.69, 9.17) is 0 Å². The summed E-state index contributed by atoms with van der Waals surface area (Å²) in [7, 11) is 0. The smallest absolute Gasteiger partial charge is 0.251 e. The van der Waals surface area contributed by atoms with Crippen LogP contribution in [0.1, 0.15) is 48.2 Å². The molecule has 1 aliphatic rings. The number of anilines is 1. The molecule has 6 heteroatoms. The van der Waals surface area contributed by atoms with Gasteiger partial charge in [-0.15, -0.1) is 0 Å². The summed E-state index contributed by atoms with van der Waals surface area (Å²) < 4.78 is 0. The molecule has 0 saturated carbocycles. The van der Waals surface area contributed by atoms with Crippen molar-refractivity contribution in [3.05, 3.63) is 59.3 Å². The van der Waals surface area contributed by atoms with Crippen LogP contribution in [-0.2, 0) is 11.3 Å². The summed E-state index contributed by atoms with van der Waals surface area (Å²) in [6, 6.07) is 10.7. The van der Waals surface area contributed by atoms with Crippen LogP contribution in [0.25, 0.3) is 0 Å². The van der Waals surface area contributed by atoms with Crippen LogP contribution >= 0.6 is 0 Å². The van der Waals surface area contributed by atoms with Gasteiger partial charge < -0.3 is 15.5 Å². The number of carbonyl (C=O) groups is 2. The lowest BCUT2D eigenvalue weighted by Crippen LogP contribution is -2.49. The molecule has 3 rings (SSSR count). The molecule has 2 N–H and O–H groups in total. The highest BCUT2D eigenvalue weighted by Gasteiger charge is 2.24. The Labute approximate surface area is 172 Å². The summed E-state index contributed by atoms with van der Waals surface area (Å²) in [5.74, 6) is 0.530. The van der Waals surface area contributed by atoms with E-state index in [9.17, 15) is 9.59 Å². The van der Waals surface area contributed by atoms with Crippen LogP contribution in [0.3, 0.4) is 0 Å². The van der Waals surface area contributed by atoms with Crippen LogP contribution in [0.2, 0.25) is 0 Å². The Kier molecular flexibility index (Phi) is 6.86. The number of hydrogen-bond donors (Lipinski definition) is 2. The van der Waals surface area contributed by atoms with Gasteiger partial charge in [0.25, 0.3) is 5.91 Å². The molecule has 2 amide bonds. The zero-order valence-corrected chi connectivity index (χ0v) is 17.4. The van der Waals surface area contributed by atoms with Crippen LogP contribution in [0.4, 0.5) is 5.82 Å². The van der Waals surface area contributed by atoms with Crippen molar-refractivity contribution in [1.29, 1.82) is 0 Å². The standard InChI is InChI=1S/C23H30N4O2/c1-16(2)21(26-22(28)19-9-6-17(3)7-10-19)23(29)25-15-18-8-11-20(24-14-18)27-12-4-5-13-27/h6-11,14,16,21H,4-5,12-13,15H2,1-3H3,(H,25,29)(H,26,28). The number of nitrogens with one attached hydrogen (secondary N) is 2. The number of pyridine rings is 1. The second-order valence-corrected chi connectivity index (χ2v) is 8.00. The van der Waals surface area contributed by atoms with E-state index in [0.717, 1.165) is 30.0 Å². The average Bonchev–Trinajstić information content (AvgIpc) is 3.25. The van der Waals surface area contributed by atoms with Crippen molar-refractivity contribution in [3.63, 3.8) is 0 Å². The van der Waals surface area contributed by atoms with Crippen molar-refractivity contribution < 1.29 is 9.59 Å². The fourth-order valence-corrected chi connectivity index (χ4v) is 3.42. The van der Waals surface area contributed by atoms with Gasteiger partial charge in [0, 0.05) is 31.4 Å². The van der Waals surface area contributed by atoms with Gasteiger partial charge >= 0.3 is 0 Å². The number of rotatable bonds is 7. The van der Waals surface area contributed by atoms with E-state index < -0.39 is 6.04 Å². The third-order valence-electron chi connectivity index (χ3n) is 5.26. The van der Waals surface area contributed by atoms with Crippen molar-refractivity contribution in [3.8, 4) is 0 Å². The van der Waals surface area contributed by atoms with Gasteiger partial charge in [0.05, 0.1) is 0 Å². The molecule has 2 heterocycles. The molecular weight excluding hydrogens is 364 g/mol. The van der Waals surface area contributed by atoms with Crippen molar-refractivity contribution in [1.82, 2.24) is 15.6 Å². The predicted octanol–water partition coefficient (Wildman–Crippen LogP) is 3.06. The van der Waals surface area contributed by atoms with Gasteiger partial charge in [0.15, 0.2) is 0 Å². The second-order valence-electron chi connectivity index (χ2n) is 8.00. The predicted molar refractivity (Wildman–Crippen MR) is 115 cm³/mol. The molecule has 1 aliphatic heterocycles. The molecule has 1 saturated heterocycles. The molecule has 1 atom stereocenters. The fourth-order valence-electron chi connectivity index (χ4n) is 3.42. The molecule has 0 bridgehead atoms. The monoisotopic (exact) mass is 394 g/mol. The topological polar surface area (TPSA) is 74.3 Å².